The van der Waals surface area contributed by atoms with Crippen molar-refractivity contribution in [3.8, 4) is 0 Å². The zero-order valence-corrected chi connectivity index (χ0v) is 11.4. The van der Waals surface area contributed by atoms with Crippen LogP contribution in [-0.4, -0.2) is 17.5 Å². The molecule has 0 aliphatic heterocycles. The number of rotatable bonds is 2. The van der Waals surface area contributed by atoms with Gasteiger partial charge in [-0.25, -0.2) is 0 Å². The van der Waals surface area contributed by atoms with Gasteiger partial charge in [-0.05, 0) is 19.1 Å². The largest absolute Gasteiger partial charge is 0.325 e. The molecule has 0 unspecified atom stereocenters. The smallest absolute Gasteiger partial charge is 0.243 e. The summed E-state index contributed by atoms with van der Waals surface area (Å²) in [7, 11) is 0. The van der Waals surface area contributed by atoms with Crippen molar-refractivity contribution >= 4 is 23.2 Å². The Hall–Kier alpha value is -2.75. The predicted octanol–water partition coefficient (Wildman–Crippen LogP) is 2.63. The van der Waals surface area contributed by atoms with Crippen LogP contribution in [0.3, 0.4) is 0 Å². The Bertz CT molecular complexity index is 712. The summed E-state index contributed by atoms with van der Waals surface area (Å²) in [4.78, 5) is 36.7. The second-order valence-corrected chi connectivity index (χ2v) is 5.06. The highest BCUT2D eigenvalue weighted by atomic mass is 16.2. The number of carbonyl (C=O) groups is 3. The summed E-state index contributed by atoms with van der Waals surface area (Å²) in [5, 5.41) is 2.63. The summed E-state index contributed by atoms with van der Waals surface area (Å²) in [6, 6.07) is 13.7. The summed E-state index contributed by atoms with van der Waals surface area (Å²) >= 11 is 0. The number of aryl methyl sites for hydroxylation is 1. The van der Waals surface area contributed by atoms with Crippen molar-refractivity contribution in [2.24, 2.45) is 5.92 Å². The number of nitrogens with one attached hydrogen (secondary N) is 1. The van der Waals surface area contributed by atoms with Crippen LogP contribution in [-0.2, 0) is 4.79 Å². The Balaban J connectivity index is 1.85. The number of fused-ring (bicyclic) bond motifs is 1. The van der Waals surface area contributed by atoms with E-state index in [9.17, 15) is 14.4 Å². The van der Waals surface area contributed by atoms with Crippen molar-refractivity contribution in [2.45, 2.75) is 6.92 Å². The van der Waals surface area contributed by atoms with Crippen molar-refractivity contribution in [2.75, 3.05) is 5.32 Å². The number of ketones is 2. The van der Waals surface area contributed by atoms with E-state index in [1.165, 1.54) is 0 Å². The molecule has 2 aromatic carbocycles. The quantitative estimate of drug-likeness (QED) is 0.859. The average molecular weight is 279 g/mol. The van der Waals surface area contributed by atoms with E-state index in [1.54, 1.807) is 36.4 Å². The second-order valence-electron chi connectivity index (χ2n) is 5.06. The lowest BCUT2D eigenvalue weighted by Gasteiger charge is -2.09. The van der Waals surface area contributed by atoms with Crippen LogP contribution in [0.25, 0.3) is 0 Å². The molecule has 2 aromatic rings. The number of carbonyl (C=O) groups excluding carboxylic acids is 3. The first-order chi connectivity index (χ1) is 10.1. The molecular formula is C17H13NO3. The van der Waals surface area contributed by atoms with Gasteiger partial charge in [0.2, 0.25) is 5.91 Å². The molecule has 0 aromatic heterocycles. The maximum Gasteiger partial charge on any atom is 0.243 e. The molecule has 4 nitrogen and oxygen atoms in total. The van der Waals surface area contributed by atoms with E-state index in [2.05, 4.69) is 5.32 Å². The van der Waals surface area contributed by atoms with E-state index < -0.39 is 23.4 Å². The zero-order chi connectivity index (χ0) is 15.0. The molecule has 1 amide bonds. The molecule has 104 valence electrons. The number of Topliss-reactive ketones (excluding diaryl/α,β-unsaturated/α-hetero) is 2. The average Bonchev–Trinajstić information content (AvgIpc) is 2.74. The molecule has 0 bridgehead atoms. The Kier molecular flexibility index (Phi) is 3.14. The first-order valence-corrected chi connectivity index (χ1v) is 6.63. The molecule has 1 aliphatic rings. The topological polar surface area (TPSA) is 63.2 Å². The highest BCUT2D eigenvalue weighted by molar-refractivity contribution is 6.36. The summed E-state index contributed by atoms with van der Waals surface area (Å²) in [5.74, 6) is -2.71. The normalized spacial score (nSPS) is 14.1. The fourth-order valence-electron chi connectivity index (χ4n) is 2.43. The monoisotopic (exact) mass is 279 g/mol. The van der Waals surface area contributed by atoms with Crippen molar-refractivity contribution in [3.05, 3.63) is 65.2 Å². The van der Waals surface area contributed by atoms with Gasteiger partial charge < -0.3 is 5.32 Å². The SMILES string of the molecule is Cc1ccc(NC(=O)C2C(=O)c3ccccc3C2=O)cc1. The van der Waals surface area contributed by atoms with Gasteiger partial charge in [-0.15, -0.1) is 0 Å². The van der Waals surface area contributed by atoms with Crippen LogP contribution >= 0.6 is 0 Å². The molecular weight excluding hydrogens is 266 g/mol. The van der Waals surface area contributed by atoms with Crippen molar-refractivity contribution in [1.29, 1.82) is 0 Å². The third-order valence-electron chi connectivity index (χ3n) is 3.56. The van der Waals surface area contributed by atoms with E-state index in [1.807, 2.05) is 19.1 Å². The molecule has 0 radical (unpaired) electrons. The third-order valence-corrected chi connectivity index (χ3v) is 3.56. The standard InChI is InChI=1S/C17H13NO3/c1-10-6-8-11(9-7-10)18-17(21)14-15(19)12-4-2-3-5-13(12)16(14)20/h2-9,14H,1H3,(H,18,21). The molecule has 0 fully saturated rings. The van der Waals surface area contributed by atoms with Gasteiger partial charge in [0, 0.05) is 16.8 Å². The highest BCUT2D eigenvalue weighted by Crippen LogP contribution is 2.27. The number of hydrogen-bond donors (Lipinski definition) is 1. The fourth-order valence-corrected chi connectivity index (χ4v) is 2.43. The lowest BCUT2D eigenvalue weighted by Crippen LogP contribution is -2.31. The van der Waals surface area contributed by atoms with E-state index in [0.717, 1.165) is 5.56 Å². The first kappa shape index (κ1) is 13.2. The molecule has 1 aliphatic carbocycles. The highest BCUT2D eigenvalue weighted by Gasteiger charge is 2.43. The Morgan fingerprint density at radius 3 is 1.95 bits per heavy atom. The summed E-state index contributed by atoms with van der Waals surface area (Å²) in [5.41, 5.74) is 2.29. The van der Waals surface area contributed by atoms with E-state index in [-0.39, 0.29) is 0 Å². The Labute approximate surface area is 121 Å². The lowest BCUT2D eigenvalue weighted by molar-refractivity contribution is -0.117. The number of benzene rings is 2. The lowest BCUT2D eigenvalue weighted by atomic mass is 10.0. The minimum absolute atomic E-state index is 0.326. The zero-order valence-electron chi connectivity index (χ0n) is 11.4. The minimum Gasteiger partial charge on any atom is -0.325 e. The molecule has 21 heavy (non-hydrogen) atoms. The third kappa shape index (κ3) is 2.25. The molecule has 0 atom stereocenters. The number of hydrogen-bond acceptors (Lipinski definition) is 3. The van der Waals surface area contributed by atoms with Gasteiger partial charge in [-0.2, -0.15) is 0 Å². The van der Waals surface area contributed by atoms with Crippen LogP contribution in [0.5, 0.6) is 0 Å². The first-order valence-electron chi connectivity index (χ1n) is 6.63. The van der Waals surface area contributed by atoms with Crippen molar-refractivity contribution in [3.63, 3.8) is 0 Å². The number of amides is 1. The minimum atomic E-state index is -1.27. The molecule has 4 heteroatoms. The van der Waals surface area contributed by atoms with E-state index >= 15 is 0 Å². The van der Waals surface area contributed by atoms with Gasteiger partial charge in [0.25, 0.3) is 0 Å². The predicted molar refractivity (Wildman–Crippen MR) is 78.4 cm³/mol. The summed E-state index contributed by atoms with van der Waals surface area (Å²) in [6.45, 7) is 1.94. The van der Waals surface area contributed by atoms with E-state index in [0.29, 0.717) is 16.8 Å². The van der Waals surface area contributed by atoms with Crippen molar-refractivity contribution in [1.82, 2.24) is 0 Å². The van der Waals surface area contributed by atoms with Crippen LogP contribution in [0.4, 0.5) is 5.69 Å². The summed E-state index contributed by atoms with van der Waals surface area (Å²) in [6.07, 6.45) is 0. The van der Waals surface area contributed by atoms with Gasteiger partial charge in [0.15, 0.2) is 17.5 Å². The van der Waals surface area contributed by atoms with Gasteiger partial charge in [-0.1, -0.05) is 42.0 Å². The van der Waals surface area contributed by atoms with Crippen LogP contribution in [0.1, 0.15) is 26.3 Å². The summed E-state index contributed by atoms with van der Waals surface area (Å²) < 4.78 is 0. The van der Waals surface area contributed by atoms with Gasteiger partial charge >= 0.3 is 0 Å². The fraction of sp³-hybridized carbons (Fsp3) is 0.118. The molecule has 1 N–H and O–H groups in total. The molecule has 0 saturated heterocycles. The van der Waals surface area contributed by atoms with Crippen LogP contribution in [0, 0.1) is 12.8 Å². The molecule has 0 spiro atoms. The van der Waals surface area contributed by atoms with Gasteiger partial charge in [0.1, 0.15) is 0 Å². The maximum atomic E-state index is 12.2. The van der Waals surface area contributed by atoms with Crippen molar-refractivity contribution < 1.29 is 14.4 Å². The van der Waals surface area contributed by atoms with Gasteiger partial charge in [-0.3, -0.25) is 14.4 Å². The Morgan fingerprint density at radius 2 is 1.43 bits per heavy atom. The molecule has 0 heterocycles. The number of anilines is 1. The Morgan fingerprint density at radius 1 is 0.905 bits per heavy atom. The maximum absolute atomic E-state index is 12.2. The second kappa shape index (κ2) is 4.98. The van der Waals surface area contributed by atoms with Crippen LogP contribution in [0.15, 0.2) is 48.5 Å². The molecule has 3 rings (SSSR count). The molecule has 0 saturated carbocycles. The van der Waals surface area contributed by atoms with Crippen LogP contribution in [0.2, 0.25) is 0 Å². The van der Waals surface area contributed by atoms with E-state index in [4.69, 9.17) is 0 Å². The van der Waals surface area contributed by atoms with Gasteiger partial charge in [0.05, 0.1) is 0 Å². The van der Waals surface area contributed by atoms with Crippen LogP contribution < -0.4 is 5.32 Å².